The first-order valence-corrected chi connectivity index (χ1v) is 8.66. The summed E-state index contributed by atoms with van der Waals surface area (Å²) in [4.78, 5) is 25.7. The third-order valence-electron chi connectivity index (χ3n) is 4.29. The molecule has 1 aliphatic heterocycles. The number of thiazole rings is 1. The fraction of sp³-hybridized carbons (Fsp3) is 0.353. The Morgan fingerprint density at radius 3 is 3.13 bits per heavy atom. The average Bonchev–Trinajstić information content (AvgIpc) is 3.14. The molecule has 118 valence electrons. The van der Waals surface area contributed by atoms with Crippen LogP contribution in [0.2, 0.25) is 0 Å². The molecule has 3 aromatic rings. The number of rotatable bonds is 3. The van der Waals surface area contributed by atoms with Crippen LogP contribution in [0.15, 0.2) is 41.5 Å². The van der Waals surface area contributed by atoms with Gasteiger partial charge in [-0.15, -0.1) is 11.3 Å². The summed E-state index contributed by atoms with van der Waals surface area (Å²) < 4.78 is 1.63. The minimum Gasteiger partial charge on any atom is -0.289 e. The van der Waals surface area contributed by atoms with E-state index in [4.69, 9.17) is 0 Å². The fourth-order valence-corrected chi connectivity index (χ4v) is 4.12. The Balaban J connectivity index is 1.63. The van der Waals surface area contributed by atoms with Gasteiger partial charge in [0.2, 0.25) is 0 Å². The number of likely N-dealkylation sites (tertiary alicyclic amines) is 1. The molecule has 0 N–H and O–H groups in total. The monoisotopic (exact) mass is 326 g/mol. The van der Waals surface area contributed by atoms with Gasteiger partial charge in [-0.2, -0.15) is 0 Å². The van der Waals surface area contributed by atoms with Crippen molar-refractivity contribution in [1.82, 2.24) is 19.3 Å². The Kier molecular flexibility index (Phi) is 3.71. The first-order chi connectivity index (χ1) is 11.2. The van der Waals surface area contributed by atoms with Crippen molar-refractivity contribution < 1.29 is 0 Å². The standard InChI is InChI=1S/C17H18N4OS/c1-12-10-21-16(22)9-13(19-17(21)23-12)11-20-8-4-6-15(20)14-5-2-3-7-18-14/h2-3,5,7,9-10,15H,4,6,8,11H2,1H3/t15-/m1/s1. The van der Waals surface area contributed by atoms with Gasteiger partial charge in [-0.1, -0.05) is 6.07 Å². The van der Waals surface area contributed by atoms with Crippen molar-refractivity contribution in [2.45, 2.75) is 32.4 Å². The molecule has 1 saturated heterocycles. The van der Waals surface area contributed by atoms with Gasteiger partial charge >= 0.3 is 0 Å². The number of aromatic nitrogens is 3. The molecule has 4 rings (SSSR count). The van der Waals surface area contributed by atoms with Crippen molar-refractivity contribution in [3.63, 3.8) is 0 Å². The fourth-order valence-electron chi connectivity index (χ4n) is 3.27. The molecular formula is C17H18N4OS. The van der Waals surface area contributed by atoms with Crippen LogP contribution >= 0.6 is 11.3 Å². The predicted molar refractivity (Wildman–Crippen MR) is 90.7 cm³/mol. The van der Waals surface area contributed by atoms with E-state index in [1.807, 2.05) is 31.5 Å². The minimum atomic E-state index is 0.00272. The maximum Gasteiger partial charge on any atom is 0.258 e. The van der Waals surface area contributed by atoms with Crippen molar-refractivity contribution in [1.29, 1.82) is 0 Å². The molecule has 0 spiro atoms. The molecule has 4 heterocycles. The number of aryl methyl sites for hydroxylation is 1. The van der Waals surface area contributed by atoms with Crippen LogP contribution in [0.4, 0.5) is 0 Å². The Bertz CT molecular complexity index is 886. The van der Waals surface area contributed by atoms with Crippen LogP contribution < -0.4 is 5.56 Å². The summed E-state index contributed by atoms with van der Waals surface area (Å²) in [6.07, 6.45) is 5.96. The first-order valence-electron chi connectivity index (χ1n) is 7.84. The Morgan fingerprint density at radius 2 is 2.30 bits per heavy atom. The van der Waals surface area contributed by atoms with Gasteiger partial charge in [0.25, 0.3) is 5.56 Å². The highest BCUT2D eigenvalue weighted by molar-refractivity contribution is 7.16. The minimum absolute atomic E-state index is 0.00272. The summed E-state index contributed by atoms with van der Waals surface area (Å²) >= 11 is 1.56. The number of fused-ring (bicyclic) bond motifs is 1. The second-order valence-electron chi connectivity index (χ2n) is 5.96. The zero-order chi connectivity index (χ0) is 15.8. The summed E-state index contributed by atoms with van der Waals surface area (Å²) in [5.74, 6) is 0. The Labute approximate surface area is 138 Å². The number of pyridine rings is 1. The number of hydrogen-bond acceptors (Lipinski definition) is 5. The lowest BCUT2D eigenvalue weighted by atomic mass is 10.1. The highest BCUT2D eigenvalue weighted by Crippen LogP contribution is 2.31. The molecule has 1 atom stereocenters. The third kappa shape index (κ3) is 2.80. The number of hydrogen-bond donors (Lipinski definition) is 0. The van der Waals surface area contributed by atoms with E-state index in [1.54, 1.807) is 21.8 Å². The lowest BCUT2D eigenvalue weighted by molar-refractivity contribution is 0.241. The molecule has 0 aliphatic carbocycles. The van der Waals surface area contributed by atoms with Gasteiger partial charge in [0.15, 0.2) is 4.96 Å². The van der Waals surface area contributed by atoms with E-state index in [0.717, 1.165) is 40.6 Å². The molecule has 3 aromatic heterocycles. The van der Waals surface area contributed by atoms with E-state index in [0.29, 0.717) is 12.6 Å². The van der Waals surface area contributed by atoms with Crippen LogP contribution in [-0.2, 0) is 6.54 Å². The van der Waals surface area contributed by atoms with Crippen molar-refractivity contribution in [3.05, 3.63) is 63.3 Å². The van der Waals surface area contributed by atoms with E-state index in [2.05, 4.69) is 20.9 Å². The van der Waals surface area contributed by atoms with Gasteiger partial charge in [0, 0.05) is 29.9 Å². The third-order valence-corrected chi connectivity index (χ3v) is 5.19. The molecule has 0 radical (unpaired) electrons. The van der Waals surface area contributed by atoms with E-state index in [-0.39, 0.29) is 5.56 Å². The van der Waals surface area contributed by atoms with Crippen LogP contribution in [0, 0.1) is 6.92 Å². The molecular weight excluding hydrogens is 308 g/mol. The molecule has 0 amide bonds. The average molecular weight is 326 g/mol. The zero-order valence-electron chi connectivity index (χ0n) is 13.0. The van der Waals surface area contributed by atoms with Crippen LogP contribution in [-0.4, -0.2) is 25.8 Å². The molecule has 0 saturated carbocycles. The van der Waals surface area contributed by atoms with Gasteiger partial charge in [-0.05, 0) is 38.4 Å². The van der Waals surface area contributed by atoms with E-state index in [1.165, 1.54) is 0 Å². The highest BCUT2D eigenvalue weighted by Gasteiger charge is 2.27. The Morgan fingerprint density at radius 1 is 1.39 bits per heavy atom. The van der Waals surface area contributed by atoms with E-state index in [9.17, 15) is 4.79 Å². The second kappa shape index (κ2) is 5.86. The SMILES string of the molecule is Cc1cn2c(=O)cc(CN3CCC[C@@H]3c3ccccn3)nc2s1. The molecule has 0 bridgehead atoms. The zero-order valence-corrected chi connectivity index (χ0v) is 13.8. The lowest BCUT2D eigenvalue weighted by Crippen LogP contribution is -2.25. The molecule has 0 unspecified atom stereocenters. The van der Waals surface area contributed by atoms with Crippen LogP contribution in [0.3, 0.4) is 0 Å². The van der Waals surface area contributed by atoms with Crippen LogP contribution in [0.5, 0.6) is 0 Å². The second-order valence-corrected chi connectivity index (χ2v) is 7.18. The predicted octanol–water partition coefficient (Wildman–Crippen LogP) is 2.80. The van der Waals surface area contributed by atoms with Crippen molar-refractivity contribution in [2.75, 3.05) is 6.54 Å². The quantitative estimate of drug-likeness (QED) is 0.743. The summed E-state index contributed by atoms with van der Waals surface area (Å²) in [5.41, 5.74) is 1.96. The molecule has 6 heteroatoms. The molecule has 1 aliphatic rings. The van der Waals surface area contributed by atoms with Crippen molar-refractivity contribution in [2.24, 2.45) is 0 Å². The van der Waals surface area contributed by atoms with E-state index >= 15 is 0 Å². The molecule has 0 aromatic carbocycles. The summed E-state index contributed by atoms with van der Waals surface area (Å²) in [6.45, 7) is 3.71. The molecule has 1 fully saturated rings. The molecule has 5 nitrogen and oxygen atoms in total. The maximum absolute atomic E-state index is 12.2. The summed E-state index contributed by atoms with van der Waals surface area (Å²) in [5, 5.41) is 0. The smallest absolute Gasteiger partial charge is 0.258 e. The topological polar surface area (TPSA) is 50.5 Å². The highest BCUT2D eigenvalue weighted by atomic mass is 32.1. The van der Waals surface area contributed by atoms with Crippen molar-refractivity contribution >= 4 is 16.3 Å². The Hall–Kier alpha value is -2.05. The lowest BCUT2D eigenvalue weighted by Gasteiger charge is -2.23. The van der Waals surface area contributed by atoms with Gasteiger partial charge in [0.1, 0.15) is 0 Å². The largest absolute Gasteiger partial charge is 0.289 e. The normalized spacial score (nSPS) is 18.7. The summed E-state index contributed by atoms with van der Waals surface area (Å²) in [7, 11) is 0. The summed E-state index contributed by atoms with van der Waals surface area (Å²) in [6, 6.07) is 8.04. The molecule has 23 heavy (non-hydrogen) atoms. The first kappa shape index (κ1) is 14.5. The number of nitrogens with zero attached hydrogens (tertiary/aromatic N) is 4. The van der Waals surface area contributed by atoms with Gasteiger partial charge in [-0.3, -0.25) is 19.1 Å². The van der Waals surface area contributed by atoms with Crippen LogP contribution in [0.25, 0.3) is 4.96 Å². The van der Waals surface area contributed by atoms with Crippen molar-refractivity contribution in [3.8, 4) is 0 Å². The van der Waals surface area contributed by atoms with Gasteiger partial charge in [-0.25, -0.2) is 4.98 Å². The van der Waals surface area contributed by atoms with Gasteiger partial charge < -0.3 is 0 Å². The van der Waals surface area contributed by atoms with E-state index < -0.39 is 0 Å². The maximum atomic E-state index is 12.2. The van der Waals surface area contributed by atoms with Crippen LogP contribution in [0.1, 0.15) is 35.1 Å². The van der Waals surface area contributed by atoms with Gasteiger partial charge in [0.05, 0.1) is 17.4 Å².